The van der Waals surface area contributed by atoms with Crippen LogP contribution in [0.1, 0.15) is 17.3 Å². The molecule has 0 spiro atoms. The Hall–Kier alpha value is -1.37. The van der Waals surface area contributed by atoms with Crippen molar-refractivity contribution in [2.45, 2.75) is 20.0 Å². The highest BCUT2D eigenvalue weighted by molar-refractivity contribution is 7.20. The Balaban J connectivity index is 2.40. The molecule has 2 rings (SSSR count). The molecule has 0 saturated carbocycles. The van der Waals surface area contributed by atoms with Crippen LogP contribution in [0.5, 0.6) is 0 Å². The number of aryl methyl sites for hydroxylation is 1. The van der Waals surface area contributed by atoms with Gasteiger partial charge in [-0.05, 0) is 13.0 Å². The SMILES string of the molecule is CCn1ccc(=O)n(CC(=O)c2cc(Cl)sc2Cl)c1=O. The molecular formula is C12H10Cl2N2O3S. The molecular weight excluding hydrogens is 323 g/mol. The molecule has 20 heavy (non-hydrogen) atoms. The molecule has 0 bridgehead atoms. The van der Waals surface area contributed by atoms with Gasteiger partial charge in [0.05, 0.1) is 16.4 Å². The van der Waals surface area contributed by atoms with E-state index in [0.29, 0.717) is 10.9 Å². The number of thiophene rings is 1. The van der Waals surface area contributed by atoms with Gasteiger partial charge in [-0.25, -0.2) is 4.79 Å². The Morgan fingerprint density at radius 3 is 2.60 bits per heavy atom. The van der Waals surface area contributed by atoms with Crippen LogP contribution < -0.4 is 11.2 Å². The lowest BCUT2D eigenvalue weighted by molar-refractivity contribution is 0.0969. The second-order valence-corrected chi connectivity index (χ2v) is 6.26. The number of hydrogen-bond acceptors (Lipinski definition) is 4. The number of carbonyl (C=O) groups excluding carboxylic acids is 1. The van der Waals surface area contributed by atoms with Crippen molar-refractivity contribution in [1.29, 1.82) is 0 Å². The zero-order valence-corrected chi connectivity index (χ0v) is 12.8. The van der Waals surface area contributed by atoms with Gasteiger partial charge in [0.2, 0.25) is 0 Å². The third kappa shape index (κ3) is 2.87. The maximum Gasteiger partial charge on any atom is 0.331 e. The van der Waals surface area contributed by atoms with Crippen LogP contribution in [-0.4, -0.2) is 14.9 Å². The van der Waals surface area contributed by atoms with Gasteiger partial charge in [-0.1, -0.05) is 23.2 Å². The van der Waals surface area contributed by atoms with E-state index in [9.17, 15) is 14.4 Å². The van der Waals surface area contributed by atoms with Crippen molar-refractivity contribution >= 4 is 40.3 Å². The lowest BCUT2D eigenvalue weighted by atomic mass is 10.2. The normalized spacial score (nSPS) is 10.8. The van der Waals surface area contributed by atoms with E-state index in [1.807, 2.05) is 0 Å². The Morgan fingerprint density at radius 1 is 1.35 bits per heavy atom. The number of aromatic nitrogens is 2. The van der Waals surface area contributed by atoms with Gasteiger partial charge in [-0.3, -0.25) is 14.2 Å². The number of nitrogens with zero attached hydrogens (tertiary/aromatic N) is 2. The summed E-state index contributed by atoms with van der Waals surface area (Å²) < 4.78 is 2.86. The predicted octanol–water partition coefficient (Wildman–Crippen LogP) is 2.28. The van der Waals surface area contributed by atoms with E-state index in [4.69, 9.17) is 23.2 Å². The smallest absolute Gasteiger partial charge is 0.301 e. The van der Waals surface area contributed by atoms with Crippen LogP contribution in [-0.2, 0) is 13.1 Å². The van der Waals surface area contributed by atoms with Gasteiger partial charge in [0.1, 0.15) is 4.34 Å². The third-order valence-electron chi connectivity index (χ3n) is 2.74. The molecule has 106 valence electrons. The fourth-order valence-electron chi connectivity index (χ4n) is 1.70. The molecule has 0 aliphatic heterocycles. The van der Waals surface area contributed by atoms with Gasteiger partial charge in [-0.2, -0.15) is 0 Å². The Bertz CT molecular complexity index is 776. The molecule has 0 aromatic carbocycles. The molecule has 2 heterocycles. The monoisotopic (exact) mass is 332 g/mol. The van der Waals surface area contributed by atoms with Gasteiger partial charge >= 0.3 is 5.69 Å². The van der Waals surface area contributed by atoms with E-state index in [2.05, 4.69) is 0 Å². The summed E-state index contributed by atoms with van der Waals surface area (Å²) in [6, 6.07) is 2.68. The van der Waals surface area contributed by atoms with Gasteiger partial charge < -0.3 is 4.57 Å². The predicted molar refractivity (Wildman–Crippen MR) is 79.3 cm³/mol. The summed E-state index contributed by atoms with van der Waals surface area (Å²) in [6.07, 6.45) is 1.40. The quantitative estimate of drug-likeness (QED) is 0.807. The topological polar surface area (TPSA) is 61.1 Å². The number of halogens is 2. The number of hydrogen-bond donors (Lipinski definition) is 0. The summed E-state index contributed by atoms with van der Waals surface area (Å²) in [5.41, 5.74) is -0.823. The van der Waals surface area contributed by atoms with Gasteiger partial charge in [0.25, 0.3) is 5.56 Å². The minimum Gasteiger partial charge on any atom is -0.301 e. The number of Topliss-reactive ketones (excluding diaryl/α,β-unsaturated/α-hetero) is 1. The first-order valence-corrected chi connectivity index (χ1v) is 7.29. The molecule has 2 aromatic heterocycles. The minimum atomic E-state index is -0.523. The molecule has 5 nitrogen and oxygen atoms in total. The van der Waals surface area contributed by atoms with Crippen molar-refractivity contribution in [2.75, 3.05) is 0 Å². The Labute approximate surface area is 128 Å². The Morgan fingerprint density at radius 2 is 2.05 bits per heavy atom. The van der Waals surface area contributed by atoms with Crippen LogP contribution in [0.3, 0.4) is 0 Å². The van der Waals surface area contributed by atoms with Crippen LogP contribution >= 0.6 is 34.5 Å². The second-order valence-electron chi connectivity index (χ2n) is 3.97. The van der Waals surface area contributed by atoms with Crippen molar-refractivity contribution in [1.82, 2.24) is 9.13 Å². The average Bonchev–Trinajstić information content (AvgIpc) is 2.73. The van der Waals surface area contributed by atoms with Gasteiger partial charge in [0, 0.05) is 18.8 Å². The lowest BCUT2D eigenvalue weighted by Gasteiger charge is -2.07. The molecule has 0 unspecified atom stereocenters. The third-order valence-corrected chi connectivity index (χ3v) is 4.23. The van der Waals surface area contributed by atoms with Crippen LogP contribution in [0.2, 0.25) is 8.67 Å². The van der Waals surface area contributed by atoms with E-state index < -0.39 is 17.0 Å². The van der Waals surface area contributed by atoms with Crippen LogP contribution in [0, 0.1) is 0 Å². The molecule has 0 aliphatic rings. The first kappa shape index (κ1) is 15.0. The zero-order chi connectivity index (χ0) is 14.9. The molecule has 0 fully saturated rings. The van der Waals surface area contributed by atoms with E-state index in [1.165, 1.54) is 22.9 Å². The molecule has 0 atom stereocenters. The molecule has 8 heteroatoms. The highest BCUT2D eigenvalue weighted by atomic mass is 35.5. The number of ketones is 1. The number of carbonyl (C=O) groups is 1. The lowest BCUT2D eigenvalue weighted by Crippen LogP contribution is -2.40. The fourth-order valence-corrected chi connectivity index (χ4v) is 3.20. The molecule has 0 amide bonds. The molecule has 0 saturated heterocycles. The average molecular weight is 333 g/mol. The molecule has 0 N–H and O–H groups in total. The van der Waals surface area contributed by atoms with E-state index in [0.717, 1.165) is 15.9 Å². The van der Waals surface area contributed by atoms with E-state index in [1.54, 1.807) is 6.92 Å². The summed E-state index contributed by atoms with van der Waals surface area (Å²) in [7, 11) is 0. The van der Waals surface area contributed by atoms with Crippen molar-refractivity contribution in [3.05, 3.63) is 53.4 Å². The van der Waals surface area contributed by atoms with Crippen molar-refractivity contribution in [3.63, 3.8) is 0 Å². The van der Waals surface area contributed by atoms with Gasteiger partial charge in [0.15, 0.2) is 5.78 Å². The van der Waals surface area contributed by atoms with Crippen LogP contribution in [0.4, 0.5) is 0 Å². The maximum atomic E-state index is 12.1. The maximum absolute atomic E-state index is 12.1. The standard InChI is InChI=1S/C12H10Cl2N2O3S/c1-2-15-4-3-10(18)16(12(15)19)6-8(17)7-5-9(13)20-11(7)14/h3-5H,2,6H2,1H3. The zero-order valence-electron chi connectivity index (χ0n) is 10.4. The second kappa shape index (κ2) is 5.95. The largest absolute Gasteiger partial charge is 0.331 e. The highest BCUT2D eigenvalue weighted by Gasteiger charge is 2.16. The first-order valence-electron chi connectivity index (χ1n) is 5.72. The molecule has 0 aliphatic carbocycles. The molecule has 2 aromatic rings. The van der Waals surface area contributed by atoms with Gasteiger partial charge in [-0.15, -0.1) is 11.3 Å². The summed E-state index contributed by atoms with van der Waals surface area (Å²) in [5.74, 6) is -0.425. The van der Waals surface area contributed by atoms with Crippen LogP contribution in [0.15, 0.2) is 27.9 Å². The molecule has 0 radical (unpaired) electrons. The van der Waals surface area contributed by atoms with Crippen molar-refractivity contribution < 1.29 is 4.79 Å². The summed E-state index contributed by atoms with van der Waals surface area (Å²) in [5, 5.41) is 0. The first-order chi connectivity index (χ1) is 9.43. The van der Waals surface area contributed by atoms with E-state index >= 15 is 0 Å². The fraction of sp³-hybridized carbons (Fsp3) is 0.250. The Kier molecular flexibility index (Phi) is 4.47. The highest BCUT2D eigenvalue weighted by Crippen LogP contribution is 2.31. The summed E-state index contributed by atoms with van der Waals surface area (Å²) >= 11 is 12.7. The van der Waals surface area contributed by atoms with Crippen molar-refractivity contribution in [3.8, 4) is 0 Å². The number of rotatable bonds is 4. The minimum absolute atomic E-state index is 0.222. The van der Waals surface area contributed by atoms with Crippen LogP contribution in [0.25, 0.3) is 0 Å². The van der Waals surface area contributed by atoms with Crippen molar-refractivity contribution in [2.24, 2.45) is 0 Å². The summed E-state index contributed by atoms with van der Waals surface area (Å²) in [6.45, 7) is 1.83. The van der Waals surface area contributed by atoms with E-state index in [-0.39, 0.29) is 16.4 Å². The summed E-state index contributed by atoms with van der Waals surface area (Å²) in [4.78, 5) is 35.8.